The van der Waals surface area contributed by atoms with Crippen LogP contribution in [0.4, 0.5) is 5.82 Å². The standard InChI is InChI=1S/C8H11BrN4O2/c1-13(2)5(14)3-10-7-6(9)8(15)12-4-11-7/h4H,3H2,1-2H3,(H2,10,11,12,15). The summed E-state index contributed by atoms with van der Waals surface area (Å²) in [6.45, 7) is 0.0993. The summed E-state index contributed by atoms with van der Waals surface area (Å²) < 4.78 is 0.288. The van der Waals surface area contributed by atoms with E-state index >= 15 is 0 Å². The Labute approximate surface area is 94.8 Å². The zero-order valence-corrected chi connectivity index (χ0v) is 9.96. The van der Waals surface area contributed by atoms with Crippen molar-refractivity contribution in [2.75, 3.05) is 26.0 Å². The lowest BCUT2D eigenvalue weighted by Gasteiger charge is -2.11. The molecule has 0 saturated heterocycles. The van der Waals surface area contributed by atoms with E-state index in [2.05, 4.69) is 31.2 Å². The van der Waals surface area contributed by atoms with Crippen molar-refractivity contribution in [1.82, 2.24) is 14.9 Å². The van der Waals surface area contributed by atoms with Gasteiger partial charge in [-0.2, -0.15) is 0 Å². The van der Waals surface area contributed by atoms with Gasteiger partial charge < -0.3 is 15.2 Å². The number of aromatic nitrogens is 2. The third kappa shape index (κ3) is 3.05. The quantitative estimate of drug-likeness (QED) is 0.816. The van der Waals surface area contributed by atoms with Gasteiger partial charge in [0.2, 0.25) is 5.91 Å². The molecule has 0 atom stereocenters. The van der Waals surface area contributed by atoms with Crippen molar-refractivity contribution in [2.24, 2.45) is 0 Å². The Morgan fingerprint density at radius 3 is 2.93 bits per heavy atom. The molecule has 2 N–H and O–H groups in total. The van der Waals surface area contributed by atoms with Gasteiger partial charge in [-0.3, -0.25) is 9.59 Å². The zero-order valence-electron chi connectivity index (χ0n) is 8.37. The SMILES string of the molecule is CN(C)C(=O)CNc1nc[nH]c(=O)c1Br. The number of carbonyl (C=O) groups excluding carboxylic acids is 1. The molecule has 0 aliphatic heterocycles. The lowest BCUT2D eigenvalue weighted by atomic mass is 10.5. The number of rotatable bonds is 3. The fourth-order valence-corrected chi connectivity index (χ4v) is 1.18. The highest BCUT2D eigenvalue weighted by Gasteiger charge is 2.07. The van der Waals surface area contributed by atoms with Gasteiger partial charge in [-0.1, -0.05) is 0 Å². The molecule has 0 radical (unpaired) electrons. The van der Waals surface area contributed by atoms with E-state index in [1.807, 2.05) is 0 Å². The van der Waals surface area contributed by atoms with Crippen LogP contribution < -0.4 is 10.9 Å². The lowest BCUT2D eigenvalue weighted by molar-refractivity contribution is -0.126. The molecular formula is C8H11BrN4O2. The number of amides is 1. The third-order valence-corrected chi connectivity index (χ3v) is 2.44. The van der Waals surface area contributed by atoms with E-state index < -0.39 is 0 Å². The number of halogens is 1. The van der Waals surface area contributed by atoms with Crippen LogP contribution in [0, 0.1) is 0 Å². The summed E-state index contributed by atoms with van der Waals surface area (Å²) in [5, 5.41) is 2.77. The zero-order chi connectivity index (χ0) is 11.4. The highest BCUT2D eigenvalue weighted by Crippen LogP contribution is 2.12. The first-order chi connectivity index (χ1) is 7.02. The summed E-state index contributed by atoms with van der Waals surface area (Å²) in [5.41, 5.74) is -0.287. The van der Waals surface area contributed by atoms with Gasteiger partial charge in [-0.15, -0.1) is 0 Å². The molecule has 0 aliphatic carbocycles. The van der Waals surface area contributed by atoms with Crippen molar-refractivity contribution >= 4 is 27.7 Å². The minimum atomic E-state index is -0.287. The lowest BCUT2D eigenvalue weighted by Crippen LogP contribution is -2.29. The fourth-order valence-electron chi connectivity index (χ4n) is 0.824. The first-order valence-electron chi connectivity index (χ1n) is 4.19. The average Bonchev–Trinajstić information content (AvgIpc) is 2.19. The highest BCUT2D eigenvalue weighted by molar-refractivity contribution is 9.10. The van der Waals surface area contributed by atoms with Crippen LogP contribution in [0.1, 0.15) is 0 Å². The number of carbonyl (C=O) groups is 1. The maximum absolute atomic E-state index is 11.2. The molecule has 0 aromatic carbocycles. The van der Waals surface area contributed by atoms with E-state index in [0.29, 0.717) is 5.82 Å². The van der Waals surface area contributed by atoms with Gasteiger partial charge >= 0.3 is 0 Å². The van der Waals surface area contributed by atoms with Crippen LogP contribution in [0.2, 0.25) is 0 Å². The molecular weight excluding hydrogens is 264 g/mol. The summed E-state index contributed by atoms with van der Waals surface area (Å²) in [7, 11) is 3.31. The molecule has 1 heterocycles. The fraction of sp³-hybridized carbons (Fsp3) is 0.375. The Bertz CT molecular complexity index is 415. The Hall–Kier alpha value is -1.37. The van der Waals surface area contributed by atoms with Crippen LogP contribution in [0.25, 0.3) is 0 Å². The smallest absolute Gasteiger partial charge is 0.267 e. The highest BCUT2D eigenvalue weighted by atomic mass is 79.9. The Morgan fingerprint density at radius 1 is 1.67 bits per heavy atom. The molecule has 0 aliphatic rings. The molecule has 0 unspecified atom stereocenters. The number of hydrogen-bond donors (Lipinski definition) is 2. The van der Waals surface area contributed by atoms with Crippen molar-refractivity contribution in [3.63, 3.8) is 0 Å². The van der Waals surface area contributed by atoms with E-state index in [4.69, 9.17) is 0 Å². The molecule has 1 rings (SSSR count). The summed E-state index contributed by atoms with van der Waals surface area (Å²) in [6, 6.07) is 0. The van der Waals surface area contributed by atoms with Crippen LogP contribution in [0.5, 0.6) is 0 Å². The first kappa shape index (κ1) is 11.7. The maximum atomic E-state index is 11.2. The van der Waals surface area contributed by atoms with Gasteiger partial charge in [0.15, 0.2) is 0 Å². The number of hydrogen-bond acceptors (Lipinski definition) is 4. The molecule has 0 saturated carbocycles. The number of likely N-dealkylation sites (N-methyl/N-ethyl adjacent to an activating group) is 1. The Morgan fingerprint density at radius 2 is 2.33 bits per heavy atom. The number of aromatic amines is 1. The minimum Gasteiger partial charge on any atom is -0.360 e. The average molecular weight is 275 g/mol. The molecule has 1 aromatic rings. The van der Waals surface area contributed by atoms with Crippen molar-refractivity contribution in [3.8, 4) is 0 Å². The molecule has 15 heavy (non-hydrogen) atoms. The normalized spacial score (nSPS) is 9.80. The monoisotopic (exact) mass is 274 g/mol. The van der Waals surface area contributed by atoms with Gasteiger partial charge in [0.05, 0.1) is 12.9 Å². The predicted octanol–water partition coefficient (Wildman–Crippen LogP) is 0.0325. The topological polar surface area (TPSA) is 78.1 Å². The number of anilines is 1. The largest absolute Gasteiger partial charge is 0.360 e. The molecule has 1 amide bonds. The number of H-pyrrole nitrogens is 1. The van der Waals surface area contributed by atoms with Crippen LogP contribution >= 0.6 is 15.9 Å². The van der Waals surface area contributed by atoms with E-state index in [9.17, 15) is 9.59 Å². The molecule has 6 nitrogen and oxygen atoms in total. The van der Waals surface area contributed by atoms with Crippen LogP contribution in [0.15, 0.2) is 15.6 Å². The summed E-state index contributed by atoms with van der Waals surface area (Å²) in [6.07, 6.45) is 1.27. The van der Waals surface area contributed by atoms with E-state index in [1.165, 1.54) is 11.2 Å². The van der Waals surface area contributed by atoms with Gasteiger partial charge in [-0.05, 0) is 15.9 Å². The Balaban J connectivity index is 2.70. The van der Waals surface area contributed by atoms with Crippen LogP contribution in [0.3, 0.4) is 0 Å². The van der Waals surface area contributed by atoms with E-state index in [0.717, 1.165) is 0 Å². The van der Waals surface area contributed by atoms with Crippen LogP contribution in [-0.2, 0) is 4.79 Å². The molecule has 0 spiro atoms. The molecule has 7 heteroatoms. The second-order valence-electron chi connectivity index (χ2n) is 3.04. The first-order valence-corrected chi connectivity index (χ1v) is 4.99. The minimum absolute atomic E-state index is 0.0935. The van der Waals surface area contributed by atoms with E-state index in [-0.39, 0.29) is 22.5 Å². The summed E-state index contributed by atoms with van der Waals surface area (Å²) >= 11 is 3.07. The molecule has 82 valence electrons. The predicted molar refractivity (Wildman–Crippen MR) is 59.7 cm³/mol. The Kier molecular flexibility index (Phi) is 3.84. The van der Waals surface area contributed by atoms with Gasteiger partial charge in [0.25, 0.3) is 5.56 Å². The van der Waals surface area contributed by atoms with Crippen molar-refractivity contribution in [3.05, 3.63) is 21.2 Å². The van der Waals surface area contributed by atoms with Crippen molar-refractivity contribution < 1.29 is 4.79 Å². The second-order valence-corrected chi connectivity index (χ2v) is 3.83. The van der Waals surface area contributed by atoms with Gasteiger partial charge in [0.1, 0.15) is 10.3 Å². The molecule has 0 fully saturated rings. The van der Waals surface area contributed by atoms with Crippen molar-refractivity contribution in [2.45, 2.75) is 0 Å². The van der Waals surface area contributed by atoms with E-state index in [1.54, 1.807) is 14.1 Å². The molecule has 1 aromatic heterocycles. The second kappa shape index (κ2) is 4.92. The number of nitrogens with zero attached hydrogens (tertiary/aromatic N) is 2. The van der Waals surface area contributed by atoms with Crippen LogP contribution in [-0.4, -0.2) is 41.4 Å². The number of nitrogens with one attached hydrogen (secondary N) is 2. The maximum Gasteiger partial charge on any atom is 0.267 e. The van der Waals surface area contributed by atoms with Gasteiger partial charge in [-0.25, -0.2) is 4.98 Å². The van der Waals surface area contributed by atoms with Crippen molar-refractivity contribution in [1.29, 1.82) is 0 Å². The van der Waals surface area contributed by atoms with Gasteiger partial charge in [0, 0.05) is 14.1 Å². The third-order valence-electron chi connectivity index (χ3n) is 1.70. The summed E-state index contributed by atoms with van der Waals surface area (Å²) in [4.78, 5) is 30.1. The summed E-state index contributed by atoms with van der Waals surface area (Å²) in [5.74, 6) is 0.262. The molecule has 0 bridgehead atoms.